The van der Waals surface area contributed by atoms with Gasteiger partial charge in [0.2, 0.25) is 10.0 Å². The van der Waals surface area contributed by atoms with E-state index >= 15 is 0 Å². The third kappa shape index (κ3) is 4.52. The molecule has 1 aliphatic heterocycles. The normalized spacial score (nSPS) is 20.0. The molecule has 0 aromatic heterocycles. The molecule has 150 valence electrons. The lowest BCUT2D eigenvalue weighted by atomic mass is 9.96. The first-order valence-corrected chi connectivity index (χ1v) is 11.4. The van der Waals surface area contributed by atoms with Gasteiger partial charge in [0.05, 0.1) is 4.90 Å². The maximum atomic E-state index is 12.9. The molecular formula is C20H31N3O3S. The highest BCUT2D eigenvalue weighted by molar-refractivity contribution is 7.89. The van der Waals surface area contributed by atoms with Gasteiger partial charge in [-0.3, -0.25) is 4.79 Å². The summed E-state index contributed by atoms with van der Waals surface area (Å²) in [5, 5.41) is 3.30. The molecule has 1 aromatic rings. The predicted molar refractivity (Wildman–Crippen MR) is 106 cm³/mol. The Morgan fingerprint density at radius 2 is 1.52 bits per heavy atom. The van der Waals surface area contributed by atoms with Gasteiger partial charge in [-0.25, -0.2) is 8.42 Å². The van der Waals surface area contributed by atoms with Crippen molar-refractivity contribution < 1.29 is 13.2 Å². The number of rotatable bonds is 5. The number of nitrogens with zero attached hydrogens (tertiary/aromatic N) is 2. The molecule has 27 heavy (non-hydrogen) atoms. The fraction of sp³-hybridized carbons (Fsp3) is 0.650. The van der Waals surface area contributed by atoms with E-state index in [1.807, 2.05) is 7.05 Å². The van der Waals surface area contributed by atoms with Crippen molar-refractivity contribution in [3.05, 3.63) is 29.8 Å². The molecule has 7 heteroatoms. The molecule has 1 aliphatic carbocycles. The second-order valence-corrected chi connectivity index (χ2v) is 9.73. The Morgan fingerprint density at radius 1 is 0.926 bits per heavy atom. The van der Waals surface area contributed by atoms with Gasteiger partial charge in [-0.15, -0.1) is 0 Å². The smallest absolute Gasteiger partial charge is 0.253 e. The zero-order valence-corrected chi connectivity index (χ0v) is 17.2. The lowest BCUT2D eigenvalue weighted by Crippen LogP contribution is -2.44. The van der Waals surface area contributed by atoms with Crippen molar-refractivity contribution in [3.8, 4) is 0 Å². The molecule has 3 rings (SSSR count). The number of nitrogens with one attached hydrogen (secondary N) is 1. The Bertz CT molecular complexity index is 736. The van der Waals surface area contributed by atoms with Gasteiger partial charge in [0.15, 0.2) is 0 Å². The SMILES string of the molecule is CN(C(=O)c1ccc(S(=O)(=O)N(C)C2CCCCC2)cc1)C1CCNCC1. The Kier molecular flexibility index (Phi) is 6.55. The number of carbonyl (C=O) groups excluding carboxylic acids is 1. The van der Waals surface area contributed by atoms with Crippen molar-refractivity contribution >= 4 is 15.9 Å². The lowest BCUT2D eigenvalue weighted by Gasteiger charge is -2.32. The molecule has 6 nitrogen and oxygen atoms in total. The molecule has 2 fully saturated rings. The van der Waals surface area contributed by atoms with Crippen LogP contribution in [-0.2, 0) is 10.0 Å². The van der Waals surface area contributed by atoms with E-state index in [0.717, 1.165) is 51.6 Å². The summed E-state index contributed by atoms with van der Waals surface area (Å²) in [4.78, 5) is 14.8. The summed E-state index contributed by atoms with van der Waals surface area (Å²) in [6, 6.07) is 6.73. The van der Waals surface area contributed by atoms with Gasteiger partial charge in [-0.2, -0.15) is 4.31 Å². The Balaban J connectivity index is 1.71. The van der Waals surface area contributed by atoms with E-state index in [1.165, 1.54) is 10.7 Å². The monoisotopic (exact) mass is 393 g/mol. The topological polar surface area (TPSA) is 69.7 Å². The maximum absolute atomic E-state index is 12.9. The summed E-state index contributed by atoms with van der Waals surface area (Å²) in [6.07, 6.45) is 7.09. The minimum Gasteiger partial charge on any atom is -0.339 e. The first-order chi connectivity index (χ1) is 12.9. The van der Waals surface area contributed by atoms with Gasteiger partial charge < -0.3 is 10.2 Å². The summed E-state index contributed by atoms with van der Waals surface area (Å²) in [5.41, 5.74) is 0.537. The van der Waals surface area contributed by atoms with Crippen molar-refractivity contribution in [2.24, 2.45) is 0 Å². The molecule has 1 heterocycles. The van der Waals surface area contributed by atoms with E-state index < -0.39 is 10.0 Å². The molecule has 1 amide bonds. The van der Waals surface area contributed by atoms with Gasteiger partial charge >= 0.3 is 0 Å². The average molecular weight is 394 g/mol. The molecule has 0 atom stereocenters. The van der Waals surface area contributed by atoms with Crippen LogP contribution in [-0.4, -0.2) is 62.8 Å². The number of hydrogen-bond acceptors (Lipinski definition) is 4. The first kappa shape index (κ1) is 20.3. The van der Waals surface area contributed by atoms with Crippen molar-refractivity contribution in [1.82, 2.24) is 14.5 Å². The summed E-state index contributed by atoms with van der Waals surface area (Å²) < 4.78 is 27.4. The zero-order chi connectivity index (χ0) is 19.4. The Morgan fingerprint density at radius 3 is 2.11 bits per heavy atom. The highest BCUT2D eigenvalue weighted by atomic mass is 32.2. The van der Waals surface area contributed by atoms with Crippen LogP contribution in [0.25, 0.3) is 0 Å². The van der Waals surface area contributed by atoms with Crippen LogP contribution < -0.4 is 5.32 Å². The molecule has 0 spiro atoms. The molecule has 1 N–H and O–H groups in total. The van der Waals surface area contributed by atoms with Gasteiger partial charge in [-0.05, 0) is 63.0 Å². The van der Waals surface area contributed by atoms with E-state index in [1.54, 1.807) is 36.2 Å². The fourth-order valence-electron chi connectivity index (χ4n) is 4.14. The molecule has 1 saturated carbocycles. The van der Waals surface area contributed by atoms with E-state index in [4.69, 9.17) is 0 Å². The average Bonchev–Trinajstić information content (AvgIpc) is 2.73. The molecule has 0 bridgehead atoms. The van der Waals surface area contributed by atoms with E-state index in [-0.39, 0.29) is 22.9 Å². The highest BCUT2D eigenvalue weighted by Gasteiger charge is 2.29. The van der Waals surface area contributed by atoms with Gasteiger partial charge in [0.25, 0.3) is 5.91 Å². The number of hydrogen-bond donors (Lipinski definition) is 1. The molecule has 0 unspecified atom stereocenters. The van der Waals surface area contributed by atoms with Gasteiger partial charge in [-0.1, -0.05) is 19.3 Å². The minimum absolute atomic E-state index is 0.0496. The van der Waals surface area contributed by atoms with Crippen molar-refractivity contribution in [3.63, 3.8) is 0 Å². The van der Waals surface area contributed by atoms with E-state index in [9.17, 15) is 13.2 Å². The number of sulfonamides is 1. The summed E-state index contributed by atoms with van der Waals surface area (Å²) in [6.45, 7) is 1.85. The third-order valence-corrected chi connectivity index (χ3v) is 7.97. The first-order valence-electron chi connectivity index (χ1n) is 9.97. The quantitative estimate of drug-likeness (QED) is 0.834. The predicted octanol–water partition coefficient (Wildman–Crippen LogP) is 2.46. The molecule has 1 aromatic carbocycles. The van der Waals surface area contributed by atoms with Crippen LogP contribution >= 0.6 is 0 Å². The largest absolute Gasteiger partial charge is 0.339 e. The second kappa shape index (κ2) is 8.71. The van der Waals surface area contributed by atoms with Crippen LogP contribution in [0.5, 0.6) is 0 Å². The number of amides is 1. The highest BCUT2D eigenvalue weighted by Crippen LogP contribution is 2.26. The zero-order valence-electron chi connectivity index (χ0n) is 16.4. The van der Waals surface area contributed by atoms with Crippen molar-refractivity contribution in [1.29, 1.82) is 0 Å². The lowest BCUT2D eigenvalue weighted by molar-refractivity contribution is 0.0703. The van der Waals surface area contributed by atoms with Crippen molar-refractivity contribution in [2.75, 3.05) is 27.2 Å². The van der Waals surface area contributed by atoms with E-state index in [0.29, 0.717) is 5.56 Å². The third-order valence-electron chi connectivity index (χ3n) is 6.04. The van der Waals surface area contributed by atoms with Crippen LogP contribution in [0.2, 0.25) is 0 Å². The molecule has 0 radical (unpaired) electrons. The number of piperidine rings is 1. The van der Waals surface area contributed by atoms with Crippen LogP contribution in [0.15, 0.2) is 29.2 Å². The van der Waals surface area contributed by atoms with Crippen molar-refractivity contribution in [2.45, 2.75) is 61.9 Å². The summed E-state index contributed by atoms with van der Waals surface area (Å²) in [5.74, 6) is -0.0496. The maximum Gasteiger partial charge on any atom is 0.253 e. The second-order valence-electron chi connectivity index (χ2n) is 7.73. The Labute approximate surface area is 163 Å². The van der Waals surface area contributed by atoms with E-state index in [2.05, 4.69) is 5.32 Å². The van der Waals surface area contributed by atoms with Crippen LogP contribution in [0.4, 0.5) is 0 Å². The summed E-state index contributed by atoms with van der Waals surface area (Å²) >= 11 is 0. The molecule has 2 aliphatic rings. The molecule has 1 saturated heterocycles. The standard InChI is InChI=1S/C20H31N3O3S/c1-22(17-12-14-21-15-13-17)20(24)16-8-10-19(11-9-16)27(25,26)23(2)18-6-4-3-5-7-18/h8-11,17-18,21H,3-7,12-15H2,1-2H3. The molecular weight excluding hydrogens is 362 g/mol. The number of benzene rings is 1. The van der Waals surface area contributed by atoms with Crippen LogP contribution in [0.1, 0.15) is 55.3 Å². The van der Waals surface area contributed by atoms with Gasteiger partial charge in [0, 0.05) is 31.7 Å². The fourth-order valence-corrected chi connectivity index (χ4v) is 5.56. The van der Waals surface area contributed by atoms with Crippen LogP contribution in [0.3, 0.4) is 0 Å². The summed E-state index contributed by atoms with van der Waals surface area (Å²) in [7, 11) is -0.0126. The number of carbonyl (C=O) groups is 1. The minimum atomic E-state index is -3.52. The van der Waals surface area contributed by atoms with Gasteiger partial charge in [0.1, 0.15) is 0 Å². The Hall–Kier alpha value is -1.44. The van der Waals surface area contributed by atoms with Crippen LogP contribution in [0, 0.1) is 0 Å².